The molecule has 0 saturated carbocycles. The Morgan fingerprint density at radius 2 is 2.14 bits per heavy atom. The van der Waals surface area contributed by atoms with E-state index in [1.165, 1.54) is 17.7 Å². The molecule has 0 saturated heterocycles. The molecule has 28 heavy (non-hydrogen) atoms. The van der Waals surface area contributed by atoms with Crippen LogP contribution in [0.1, 0.15) is 23.4 Å². The predicted octanol–water partition coefficient (Wildman–Crippen LogP) is 4.20. The highest BCUT2D eigenvalue weighted by Gasteiger charge is 2.14. The molecular formula is C19H17BrN6OS. The molecule has 3 heterocycles. The first-order valence-corrected chi connectivity index (χ1v) is 10.4. The van der Waals surface area contributed by atoms with E-state index >= 15 is 0 Å². The van der Waals surface area contributed by atoms with Crippen molar-refractivity contribution in [2.24, 2.45) is 0 Å². The Morgan fingerprint density at radius 1 is 1.29 bits per heavy atom. The zero-order chi connectivity index (χ0) is 19.7. The summed E-state index contributed by atoms with van der Waals surface area (Å²) in [6, 6.07) is 7.92. The van der Waals surface area contributed by atoms with Crippen LogP contribution in [0.3, 0.4) is 0 Å². The number of anilines is 1. The zero-order valence-corrected chi connectivity index (χ0v) is 17.7. The summed E-state index contributed by atoms with van der Waals surface area (Å²) in [4.78, 5) is 25.5. The number of rotatable bonds is 5. The van der Waals surface area contributed by atoms with Crippen molar-refractivity contribution < 1.29 is 4.79 Å². The first kappa shape index (κ1) is 18.7. The molecular weight excluding hydrogens is 440 g/mol. The van der Waals surface area contributed by atoms with Gasteiger partial charge in [-0.1, -0.05) is 28.1 Å². The van der Waals surface area contributed by atoms with E-state index in [1.54, 1.807) is 4.52 Å². The van der Waals surface area contributed by atoms with Crippen molar-refractivity contribution in [2.75, 3.05) is 5.32 Å². The van der Waals surface area contributed by atoms with Gasteiger partial charge in [-0.15, -0.1) is 11.3 Å². The van der Waals surface area contributed by atoms with Crippen molar-refractivity contribution in [2.45, 2.75) is 26.7 Å². The molecule has 0 spiro atoms. The number of carbonyl (C=O) groups is 1. The lowest BCUT2D eigenvalue weighted by Crippen LogP contribution is -2.14. The fourth-order valence-electron chi connectivity index (χ4n) is 3.05. The number of benzene rings is 1. The fourth-order valence-corrected chi connectivity index (χ4v) is 4.18. The second-order valence-electron chi connectivity index (χ2n) is 6.33. The Hall–Kier alpha value is -2.65. The van der Waals surface area contributed by atoms with E-state index < -0.39 is 0 Å². The molecule has 1 amide bonds. The second-order valence-corrected chi connectivity index (χ2v) is 8.10. The van der Waals surface area contributed by atoms with Crippen LogP contribution in [0.25, 0.3) is 17.0 Å². The van der Waals surface area contributed by atoms with Gasteiger partial charge < -0.3 is 5.32 Å². The number of amides is 1. The molecule has 142 valence electrons. The Labute approximate surface area is 174 Å². The number of aromatic nitrogens is 5. The van der Waals surface area contributed by atoms with E-state index in [2.05, 4.69) is 41.3 Å². The van der Waals surface area contributed by atoms with Crippen molar-refractivity contribution in [3.05, 3.63) is 57.4 Å². The molecule has 0 fully saturated rings. The average Bonchev–Trinajstić information content (AvgIpc) is 3.31. The van der Waals surface area contributed by atoms with E-state index in [0.29, 0.717) is 23.8 Å². The van der Waals surface area contributed by atoms with Gasteiger partial charge in [0.1, 0.15) is 6.33 Å². The van der Waals surface area contributed by atoms with Crippen molar-refractivity contribution >= 4 is 44.1 Å². The number of aryl methyl sites for hydroxylation is 2. The normalized spacial score (nSPS) is 11.1. The largest absolute Gasteiger partial charge is 0.302 e. The van der Waals surface area contributed by atoms with Crippen molar-refractivity contribution in [3.63, 3.8) is 0 Å². The first-order valence-electron chi connectivity index (χ1n) is 8.68. The maximum absolute atomic E-state index is 12.4. The maximum Gasteiger partial charge on any atom is 0.252 e. The lowest BCUT2D eigenvalue weighted by Gasteiger charge is -2.10. The molecule has 0 unspecified atom stereocenters. The van der Waals surface area contributed by atoms with Gasteiger partial charge >= 0.3 is 0 Å². The molecule has 4 rings (SSSR count). The van der Waals surface area contributed by atoms with Crippen LogP contribution >= 0.6 is 27.3 Å². The number of fused-ring (bicyclic) bond motifs is 1. The van der Waals surface area contributed by atoms with Gasteiger partial charge in [-0.05, 0) is 38.0 Å². The minimum absolute atomic E-state index is 0.0763. The number of nitrogens with zero attached hydrogens (tertiary/aromatic N) is 5. The summed E-state index contributed by atoms with van der Waals surface area (Å²) in [6.07, 6.45) is 2.40. The summed E-state index contributed by atoms with van der Waals surface area (Å²) in [7, 11) is 0. The van der Waals surface area contributed by atoms with Gasteiger partial charge in [0.2, 0.25) is 5.91 Å². The number of nitrogens with one attached hydrogen (secondary N) is 1. The van der Waals surface area contributed by atoms with Crippen LogP contribution in [-0.4, -0.2) is 30.5 Å². The predicted molar refractivity (Wildman–Crippen MR) is 112 cm³/mol. The molecule has 4 aromatic rings. The Balaban J connectivity index is 1.43. The smallest absolute Gasteiger partial charge is 0.252 e. The van der Waals surface area contributed by atoms with E-state index in [1.807, 2.05) is 43.5 Å². The van der Waals surface area contributed by atoms with Gasteiger partial charge in [-0.25, -0.2) is 14.5 Å². The van der Waals surface area contributed by atoms with E-state index in [0.717, 1.165) is 32.7 Å². The van der Waals surface area contributed by atoms with Crippen LogP contribution in [0.4, 0.5) is 5.13 Å². The topological polar surface area (TPSA) is 85.1 Å². The van der Waals surface area contributed by atoms with Crippen LogP contribution in [0.2, 0.25) is 0 Å². The van der Waals surface area contributed by atoms with Crippen LogP contribution in [0.15, 0.2) is 40.4 Å². The molecule has 0 radical (unpaired) electrons. The number of hydrogen-bond donors (Lipinski definition) is 1. The highest BCUT2D eigenvalue weighted by molar-refractivity contribution is 9.10. The maximum atomic E-state index is 12.4. The van der Waals surface area contributed by atoms with Crippen LogP contribution < -0.4 is 5.32 Å². The third-order valence-electron chi connectivity index (χ3n) is 4.46. The molecule has 0 aliphatic carbocycles. The molecule has 1 aromatic carbocycles. The van der Waals surface area contributed by atoms with E-state index in [9.17, 15) is 4.79 Å². The van der Waals surface area contributed by atoms with Gasteiger partial charge in [-0.3, -0.25) is 4.79 Å². The lowest BCUT2D eigenvalue weighted by atomic mass is 10.1. The van der Waals surface area contributed by atoms with Gasteiger partial charge in [0.15, 0.2) is 5.13 Å². The number of thiazole rings is 1. The van der Waals surface area contributed by atoms with Gasteiger partial charge in [0, 0.05) is 33.2 Å². The Bertz CT molecular complexity index is 1170. The van der Waals surface area contributed by atoms with Crippen molar-refractivity contribution in [1.82, 2.24) is 24.6 Å². The average molecular weight is 457 g/mol. The van der Waals surface area contributed by atoms with Gasteiger partial charge in [0.05, 0.1) is 5.69 Å². The minimum Gasteiger partial charge on any atom is -0.302 e. The standard InChI is InChI=1S/C19H17BrN6OS/c1-11-15(12(2)26-18(23-11)21-10-22-26)6-7-17(27)25-19-24-16(9-28-19)13-4-3-5-14(20)8-13/h3-5,8-10H,6-7H2,1-2H3,(H,24,25,27). The first-order chi connectivity index (χ1) is 13.5. The third-order valence-corrected chi connectivity index (χ3v) is 5.71. The molecule has 0 aliphatic rings. The highest BCUT2D eigenvalue weighted by atomic mass is 79.9. The SMILES string of the molecule is Cc1nc2ncnn2c(C)c1CCC(=O)Nc1nc(-c2cccc(Br)c2)cs1. The molecule has 0 bridgehead atoms. The number of carbonyl (C=O) groups excluding carboxylic acids is 1. The monoisotopic (exact) mass is 456 g/mol. The highest BCUT2D eigenvalue weighted by Crippen LogP contribution is 2.27. The van der Waals surface area contributed by atoms with E-state index in [4.69, 9.17) is 0 Å². The third kappa shape index (κ3) is 3.81. The van der Waals surface area contributed by atoms with Crippen molar-refractivity contribution in [1.29, 1.82) is 0 Å². The fraction of sp³-hybridized carbons (Fsp3) is 0.211. The van der Waals surface area contributed by atoms with Gasteiger partial charge in [0.25, 0.3) is 5.78 Å². The molecule has 3 aromatic heterocycles. The second kappa shape index (κ2) is 7.76. The van der Waals surface area contributed by atoms with Crippen LogP contribution in [0, 0.1) is 13.8 Å². The lowest BCUT2D eigenvalue weighted by molar-refractivity contribution is -0.116. The summed E-state index contributed by atoms with van der Waals surface area (Å²) >= 11 is 4.88. The van der Waals surface area contributed by atoms with Gasteiger partial charge in [-0.2, -0.15) is 10.1 Å². The molecule has 1 N–H and O–H groups in total. The Morgan fingerprint density at radius 3 is 2.96 bits per heavy atom. The minimum atomic E-state index is -0.0763. The molecule has 7 nitrogen and oxygen atoms in total. The summed E-state index contributed by atoms with van der Waals surface area (Å²) in [5.74, 6) is 0.499. The van der Waals surface area contributed by atoms with E-state index in [-0.39, 0.29) is 5.91 Å². The van der Waals surface area contributed by atoms with Crippen molar-refractivity contribution in [3.8, 4) is 11.3 Å². The summed E-state index contributed by atoms with van der Waals surface area (Å²) in [5, 5.41) is 9.61. The summed E-state index contributed by atoms with van der Waals surface area (Å²) in [6.45, 7) is 3.90. The molecule has 0 aliphatic heterocycles. The zero-order valence-electron chi connectivity index (χ0n) is 15.3. The quantitative estimate of drug-likeness (QED) is 0.486. The Kier molecular flexibility index (Phi) is 5.19. The number of halogens is 1. The summed E-state index contributed by atoms with van der Waals surface area (Å²) < 4.78 is 2.69. The summed E-state index contributed by atoms with van der Waals surface area (Å²) in [5.41, 5.74) is 4.69. The molecule has 9 heteroatoms. The molecule has 0 atom stereocenters. The van der Waals surface area contributed by atoms with Crippen LogP contribution in [-0.2, 0) is 11.2 Å². The number of hydrogen-bond acceptors (Lipinski definition) is 6. The van der Waals surface area contributed by atoms with Crippen LogP contribution in [0.5, 0.6) is 0 Å².